The predicted octanol–water partition coefficient (Wildman–Crippen LogP) is 2.89. The molecule has 0 fully saturated rings. The lowest BCUT2D eigenvalue weighted by Gasteiger charge is -2.08. The van der Waals surface area contributed by atoms with E-state index in [1.807, 2.05) is 48.1 Å². The predicted molar refractivity (Wildman–Crippen MR) is 66.5 cm³/mol. The number of hydrogen-bond donors (Lipinski definition) is 0. The Labute approximate surface area is 97.9 Å². The molecule has 0 aliphatic rings. The van der Waals surface area contributed by atoms with E-state index in [9.17, 15) is 4.79 Å². The summed E-state index contributed by atoms with van der Waals surface area (Å²) in [6, 6.07) is 11.1. The number of fused-ring (bicyclic) bond motifs is 1. The van der Waals surface area contributed by atoms with Gasteiger partial charge in [-0.05, 0) is 42.8 Å². The summed E-state index contributed by atoms with van der Waals surface area (Å²) in [6.07, 6.45) is 3.99. The van der Waals surface area contributed by atoms with Crippen LogP contribution in [0, 0.1) is 6.92 Å². The minimum atomic E-state index is -0.314. The highest BCUT2D eigenvalue weighted by Gasteiger charge is 2.04. The lowest BCUT2D eigenvalue weighted by molar-refractivity contribution is 0.560. The maximum absolute atomic E-state index is 11.1. The van der Waals surface area contributed by atoms with E-state index in [1.165, 1.54) is 6.07 Å². The molecule has 3 nitrogen and oxygen atoms in total. The van der Waals surface area contributed by atoms with Crippen LogP contribution >= 0.6 is 0 Å². The monoisotopic (exact) mass is 225 g/mol. The van der Waals surface area contributed by atoms with E-state index in [1.54, 1.807) is 6.07 Å². The minimum absolute atomic E-state index is 0.314. The Bertz CT molecular complexity index is 724. The molecule has 2 aromatic heterocycles. The molecule has 3 aromatic rings. The molecule has 0 N–H and O–H groups in total. The quantitative estimate of drug-likeness (QED) is 0.597. The molecule has 0 bridgehead atoms. The Hall–Kier alpha value is -2.29. The van der Waals surface area contributed by atoms with Gasteiger partial charge in [0.1, 0.15) is 5.58 Å². The van der Waals surface area contributed by atoms with E-state index in [0.29, 0.717) is 5.58 Å². The molecule has 2 heterocycles. The fourth-order valence-corrected chi connectivity index (χ4v) is 1.98. The Morgan fingerprint density at radius 1 is 1.12 bits per heavy atom. The fourth-order valence-electron chi connectivity index (χ4n) is 1.98. The van der Waals surface area contributed by atoms with Crippen molar-refractivity contribution in [3.63, 3.8) is 0 Å². The van der Waals surface area contributed by atoms with Crippen LogP contribution in [0.1, 0.15) is 5.56 Å². The first kappa shape index (κ1) is 9.90. The van der Waals surface area contributed by atoms with Crippen LogP contribution in [0.25, 0.3) is 16.7 Å². The van der Waals surface area contributed by atoms with E-state index < -0.39 is 0 Å². The molecule has 0 atom stereocenters. The molecule has 0 saturated heterocycles. The first-order valence-electron chi connectivity index (χ1n) is 5.42. The van der Waals surface area contributed by atoms with E-state index in [2.05, 4.69) is 0 Å². The molecule has 0 amide bonds. The highest BCUT2D eigenvalue weighted by Crippen LogP contribution is 2.21. The van der Waals surface area contributed by atoms with Gasteiger partial charge in [0.05, 0.1) is 0 Å². The zero-order valence-electron chi connectivity index (χ0n) is 9.38. The van der Waals surface area contributed by atoms with Gasteiger partial charge in [-0.15, -0.1) is 0 Å². The van der Waals surface area contributed by atoms with Crippen molar-refractivity contribution < 1.29 is 4.42 Å². The molecule has 0 aliphatic heterocycles. The summed E-state index contributed by atoms with van der Waals surface area (Å²) in [5.74, 6) is 0. The summed E-state index contributed by atoms with van der Waals surface area (Å²) in [6.45, 7) is 2.00. The van der Waals surface area contributed by atoms with Gasteiger partial charge >= 0.3 is 5.63 Å². The zero-order chi connectivity index (χ0) is 11.8. The molecule has 3 rings (SSSR count). The van der Waals surface area contributed by atoms with Crippen molar-refractivity contribution in [2.75, 3.05) is 0 Å². The van der Waals surface area contributed by atoms with Crippen molar-refractivity contribution in [2.45, 2.75) is 6.92 Å². The van der Waals surface area contributed by atoms with Crippen LogP contribution in [-0.4, -0.2) is 4.57 Å². The Morgan fingerprint density at radius 2 is 1.88 bits per heavy atom. The maximum Gasteiger partial charge on any atom is 0.336 e. The largest absolute Gasteiger partial charge is 0.423 e. The number of nitrogens with zero attached hydrogens (tertiary/aromatic N) is 1. The first-order valence-corrected chi connectivity index (χ1v) is 5.42. The summed E-state index contributed by atoms with van der Waals surface area (Å²) >= 11 is 0. The smallest absolute Gasteiger partial charge is 0.336 e. The molecule has 84 valence electrons. The molecule has 0 unspecified atom stereocenters. The van der Waals surface area contributed by atoms with Crippen molar-refractivity contribution >= 4 is 11.0 Å². The summed E-state index contributed by atoms with van der Waals surface area (Å²) in [5.41, 5.74) is 2.48. The molecule has 0 aliphatic carbocycles. The van der Waals surface area contributed by atoms with Gasteiger partial charge in [0.2, 0.25) is 0 Å². The van der Waals surface area contributed by atoms with Crippen LogP contribution in [0.2, 0.25) is 0 Å². The van der Waals surface area contributed by atoms with E-state index in [0.717, 1.165) is 16.6 Å². The van der Waals surface area contributed by atoms with Gasteiger partial charge in [-0.1, -0.05) is 0 Å². The standard InChI is InChI=1S/C14H11NO2/c1-10-8-13-11(4-5-14(16)17-13)9-12(10)15-6-2-3-7-15/h2-9H,1H3. The van der Waals surface area contributed by atoms with Crippen LogP contribution in [0.3, 0.4) is 0 Å². The average molecular weight is 225 g/mol. The minimum Gasteiger partial charge on any atom is -0.423 e. The fraction of sp³-hybridized carbons (Fsp3) is 0.0714. The highest BCUT2D eigenvalue weighted by atomic mass is 16.4. The first-order chi connectivity index (χ1) is 8.24. The second-order valence-corrected chi connectivity index (χ2v) is 4.02. The van der Waals surface area contributed by atoms with Crippen LogP contribution < -0.4 is 5.63 Å². The summed E-state index contributed by atoms with van der Waals surface area (Å²) in [7, 11) is 0. The van der Waals surface area contributed by atoms with E-state index in [4.69, 9.17) is 4.42 Å². The summed E-state index contributed by atoms with van der Waals surface area (Å²) in [5, 5.41) is 0.930. The Balaban J connectivity index is 2.31. The van der Waals surface area contributed by atoms with Crippen molar-refractivity contribution in [2.24, 2.45) is 0 Å². The maximum atomic E-state index is 11.1. The van der Waals surface area contributed by atoms with Gasteiger partial charge in [-0.2, -0.15) is 0 Å². The number of hydrogen-bond acceptors (Lipinski definition) is 2. The van der Waals surface area contributed by atoms with Gasteiger partial charge in [0.15, 0.2) is 0 Å². The summed E-state index contributed by atoms with van der Waals surface area (Å²) in [4.78, 5) is 11.1. The number of rotatable bonds is 1. The SMILES string of the molecule is Cc1cc2oc(=O)ccc2cc1-n1cccc1. The molecule has 3 heteroatoms. The van der Waals surface area contributed by atoms with Crippen molar-refractivity contribution in [1.82, 2.24) is 4.57 Å². The van der Waals surface area contributed by atoms with Gasteiger partial charge in [-0.25, -0.2) is 4.79 Å². The average Bonchev–Trinajstić information content (AvgIpc) is 2.81. The van der Waals surface area contributed by atoms with Gasteiger partial charge in [0.25, 0.3) is 0 Å². The molecule has 0 radical (unpaired) electrons. The Morgan fingerprint density at radius 3 is 2.65 bits per heavy atom. The lowest BCUT2D eigenvalue weighted by atomic mass is 10.1. The van der Waals surface area contributed by atoms with Gasteiger partial charge in [-0.3, -0.25) is 0 Å². The van der Waals surface area contributed by atoms with E-state index in [-0.39, 0.29) is 5.63 Å². The molecule has 0 spiro atoms. The number of aromatic nitrogens is 1. The molecular formula is C14H11NO2. The molecular weight excluding hydrogens is 214 g/mol. The molecule has 1 aromatic carbocycles. The highest BCUT2D eigenvalue weighted by molar-refractivity contribution is 5.80. The van der Waals surface area contributed by atoms with E-state index >= 15 is 0 Å². The van der Waals surface area contributed by atoms with Gasteiger partial charge < -0.3 is 8.98 Å². The topological polar surface area (TPSA) is 35.1 Å². The normalized spacial score (nSPS) is 10.9. The number of benzene rings is 1. The van der Waals surface area contributed by atoms with Crippen LogP contribution in [-0.2, 0) is 0 Å². The second kappa shape index (κ2) is 3.63. The molecule has 17 heavy (non-hydrogen) atoms. The summed E-state index contributed by atoms with van der Waals surface area (Å²) < 4.78 is 7.19. The van der Waals surface area contributed by atoms with Crippen molar-refractivity contribution in [3.05, 3.63) is 64.8 Å². The van der Waals surface area contributed by atoms with Crippen molar-refractivity contribution in [3.8, 4) is 5.69 Å². The van der Waals surface area contributed by atoms with Crippen molar-refractivity contribution in [1.29, 1.82) is 0 Å². The van der Waals surface area contributed by atoms with Crippen LogP contribution in [0.15, 0.2) is 58.0 Å². The van der Waals surface area contributed by atoms with Gasteiger partial charge in [0, 0.05) is 29.5 Å². The Kier molecular flexibility index (Phi) is 2.11. The number of aryl methyl sites for hydroxylation is 1. The third-order valence-electron chi connectivity index (χ3n) is 2.82. The molecule has 0 saturated carbocycles. The zero-order valence-corrected chi connectivity index (χ0v) is 9.38. The third-order valence-corrected chi connectivity index (χ3v) is 2.82. The lowest BCUT2D eigenvalue weighted by Crippen LogP contribution is -1.97. The third kappa shape index (κ3) is 1.65. The van der Waals surface area contributed by atoms with Crippen LogP contribution in [0.4, 0.5) is 0 Å². The van der Waals surface area contributed by atoms with Crippen LogP contribution in [0.5, 0.6) is 0 Å². The second-order valence-electron chi connectivity index (χ2n) is 4.02.